The van der Waals surface area contributed by atoms with Crippen molar-refractivity contribution in [2.75, 3.05) is 39.5 Å². The fourth-order valence-corrected chi connectivity index (χ4v) is 2.65. The first-order chi connectivity index (χ1) is 10.9. The summed E-state index contributed by atoms with van der Waals surface area (Å²) in [6, 6.07) is 8.03. The molecule has 2 aromatic rings. The molecular weight excluding hydrogens is 278 g/mol. The first kappa shape index (κ1) is 15.1. The molecule has 0 atom stereocenters. The van der Waals surface area contributed by atoms with Crippen LogP contribution in [0, 0.1) is 0 Å². The van der Waals surface area contributed by atoms with Crippen molar-refractivity contribution in [2.24, 2.45) is 0 Å². The summed E-state index contributed by atoms with van der Waals surface area (Å²) < 4.78 is 11.3. The minimum Gasteiger partial charge on any atom is -0.493 e. The van der Waals surface area contributed by atoms with E-state index in [4.69, 9.17) is 9.47 Å². The highest BCUT2D eigenvalue weighted by Crippen LogP contribution is 2.26. The van der Waals surface area contributed by atoms with Crippen LogP contribution in [0.15, 0.2) is 36.7 Å². The Morgan fingerprint density at radius 2 is 2.05 bits per heavy atom. The lowest BCUT2D eigenvalue weighted by atomic mass is 10.2. The van der Waals surface area contributed by atoms with Crippen LogP contribution >= 0.6 is 0 Å². The van der Waals surface area contributed by atoms with Crippen LogP contribution in [0.5, 0.6) is 5.75 Å². The second-order valence-corrected chi connectivity index (χ2v) is 5.44. The largest absolute Gasteiger partial charge is 0.493 e. The van der Waals surface area contributed by atoms with Crippen LogP contribution in [0.25, 0.3) is 11.4 Å². The summed E-state index contributed by atoms with van der Waals surface area (Å²) in [7, 11) is 0. The van der Waals surface area contributed by atoms with Crippen molar-refractivity contribution in [3.05, 3.63) is 36.7 Å². The van der Waals surface area contributed by atoms with Crippen LogP contribution in [-0.2, 0) is 4.74 Å². The SMILES string of the molecule is c1ccc(-c2ncc[nH]2)c(OCCCCN2CCOCC2)c1. The zero-order chi connectivity index (χ0) is 15.0. The molecule has 0 radical (unpaired) electrons. The first-order valence-corrected chi connectivity index (χ1v) is 7.95. The number of nitrogens with zero attached hydrogens (tertiary/aromatic N) is 2. The van der Waals surface area contributed by atoms with E-state index in [1.807, 2.05) is 30.5 Å². The van der Waals surface area contributed by atoms with E-state index in [1.54, 1.807) is 6.20 Å². The van der Waals surface area contributed by atoms with Crippen molar-refractivity contribution in [3.8, 4) is 17.1 Å². The van der Waals surface area contributed by atoms with Crippen molar-refractivity contribution in [3.63, 3.8) is 0 Å². The minimum absolute atomic E-state index is 0.738. The highest BCUT2D eigenvalue weighted by molar-refractivity contribution is 5.63. The molecule has 1 saturated heterocycles. The molecule has 0 bridgehead atoms. The number of hydrogen-bond donors (Lipinski definition) is 1. The van der Waals surface area contributed by atoms with Gasteiger partial charge in [-0.1, -0.05) is 12.1 Å². The summed E-state index contributed by atoms with van der Waals surface area (Å²) in [6.45, 7) is 5.72. The molecule has 0 aliphatic carbocycles. The third-order valence-electron chi connectivity index (χ3n) is 3.87. The third kappa shape index (κ3) is 4.08. The van der Waals surface area contributed by atoms with E-state index in [9.17, 15) is 0 Å². The van der Waals surface area contributed by atoms with Gasteiger partial charge in [-0.3, -0.25) is 4.90 Å². The van der Waals surface area contributed by atoms with E-state index < -0.39 is 0 Å². The van der Waals surface area contributed by atoms with Crippen molar-refractivity contribution in [2.45, 2.75) is 12.8 Å². The minimum atomic E-state index is 0.738. The van der Waals surface area contributed by atoms with Crippen molar-refractivity contribution >= 4 is 0 Å². The number of aromatic nitrogens is 2. The van der Waals surface area contributed by atoms with Crippen molar-refractivity contribution in [1.29, 1.82) is 0 Å². The molecule has 0 spiro atoms. The number of para-hydroxylation sites is 1. The van der Waals surface area contributed by atoms with Crippen LogP contribution in [0.3, 0.4) is 0 Å². The molecule has 118 valence electrons. The molecule has 3 rings (SSSR count). The molecule has 1 aliphatic heterocycles. The Bertz CT molecular complexity index is 551. The maximum absolute atomic E-state index is 5.95. The number of ether oxygens (including phenoxy) is 2. The zero-order valence-corrected chi connectivity index (χ0v) is 12.8. The predicted molar refractivity (Wildman–Crippen MR) is 86.0 cm³/mol. The smallest absolute Gasteiger partial charge is 0.141 e. The summed E-state index contributed by atoms with van der Waals surface area (Å²) in [4.78, 5) is 9.89. The molecule has 5 nitrogen and oxygen atoms in total. The summed E-state index contributed by atoms with van der Waals surface area (Å²) >= 11 is 0. The maximum atomic E-state index is 5.95. The molecule has 0 unspecified atom stereocenters. The Hall–Kier alpha value is -1.85. The van der Waals surface area contributed by atoms with E-state index in [1.165, 1.54) is 0 Å². The van der Waals surface area contributed by atoms with Gasteiger partial charge in [-0.2, -0.15) is 0 Å². The van der Waals surface area contributed by atoms with E-state index in [0.29, 0.717) is 0 Å². The summed E-state index contributed by atoms with van der Waals surface area (Å²) in [5.41, 5.74) is 1.01. The lowest BCUT2D eigenvalue weighted by Crippen LogP contribution is -2.36. The van der Waals surface area contributed by atoms with Gasteiger partial charge in [0, 0.05) is 25.5 Å². The Kier molecular flexibility index (Phi) is 5.45. The van der Waals surface area contributed by atoms with E-state index in [-0.39, 0.29) is 0 Å². The first-order valence-electron chi connectivity index (χ1n) is 7.95. The summed E-state index contributed by atoms with van der Waals surface area (Å²) in [5.74, 6) is 1.74. The van der Waals surface area contributed by atoms with Gasteiger partial charge in [-0.15, -0.1) is 0 Å². The van der Waals surface area contributed by atoms with Crippen LogP contribution in [0.1, 0.15) is 12.8 Å². The quantitative estimate of drug-likeness (QED) is 0.799. The van der Waals surface area contributed by atoms with E-state index >= 15 is 0 Å². The molecule has 22 heavy (non-hydrogen) atoms. The molecule has 0 saturated carbocycles. The lowest BCUT2D eigenvalue weighted by molar-refractivity contribution is 0.0368. The van der Waals surface area contributed by atoms with Gasteiger partial charge in [-0.05, 0) is 31.5 Å². The monoisotopic (exact) mass is 301 g/mol. The van der Waals surface area contributed by atoms with Crippen molar-refractivity contribution < 1.29 is 9.47 Å². The van der Waals surface area contributed by atoms with Gasteiger partial charge >= 0.3 is 0 Å². The molecule has 1 aliphatic rings. The molecule has 5 heteroatoms. The standard InChI is InChI=1S/C17H23N3O2/c1-2-6-16(15(5-1)17-18-7-8-19-17)22-12-4-3-9-20-10-13-21-14-11-20/h1-2,5-8H,3-4,9-14H2,(H,18,19). The van der Waals surface area contributed by atoms with Gasteiger partial charge in [-0.25, -0.2) is 4.98 Å². The fourth-order valence-electron chi connectivity index (χ4n) is 2.65. The number of H-pyrrole nitrogens is 1. The molecule has 1 N–H and O–H groups in total. The number of rotatable bonds is 7. The second kappa shape index (κ2) is 7.96. The summed E-state index contributed by atoms with van der Waals surface area (Å²) in [5, 5.41) is 0. The number of aromatic amines is 1. The number of hydrogen-bond acceptors (Lipinski definition) is 4. The van der Waals surface area contributed by atoms with Crippen LogP contribution in [-0.4, -0.2) is 54.3 Å². The third-order valence-corrected chi connectivity index (χ3v) is 3.87. The van der Waals surface area contributed by atoms with Crippen LogP contribution < -0.4 is 4.74 Å². The fraction of sp³-hybridized carbons (Fsp3) is 0.471. The Morgan fingerprint density at radius 1 is 1.18 bits per heavy atom. The lowest BCUT2D eigenvalue weighted by Gasteiger charge is -2.26. The number of unbranched alkanes of at least 4 members (excludes halogenated alkanes) is 1. The number of benzene rings is 1. The number of imidazole rings is 1. The number of morpholine rings is 1. The van der Waals surface area contributed by atoms with Gasteiger partial charge in [0.1, 0.15) is 11.6 Å². The normalized spacial score (nSPS) is 15.8. The highest BCUT2D eigenvalue weighted by atomic mass is 16.5. The molecule has 2 heterocycles. The molecule has 1 aromatic carbocycles. The number of nitrogens with one attached hydrogen (secondary N) is 1. The van der Waals surface area contributed by atoms with Crippen molar-refractivity contribution in [1.82, 2.24) is 14.9 Å². The topological polar surface area (TPSA) is 50.4 Å². The Balaban J connectivity index is 1.44. The van der Waals surface area contributed by atoms with Gasteiger partial charge in [0.05, 0.1) is 25.4 Å². The molecule has 1 aromatic heterocycles. The van der Waals surface area contributed by atoms with Gasteiger partial charge in [0.15, 0.2) is 0 Å². The van der Waals surface area contributed by atoms with Crippen LogP contribution in [0.4, 0.5) is 0 Å². The van der Waals surface area contributed by atoms with Gasteiger partial charge in [0.2, 0.25) is 0 Å². The predicted octanol–water partition coefficient (Wildman–Crippen LogP) is 2.57. The second-order valence-electron chi connectivity index (χ2n) is 5.44. The summed E-state index contributed by atoms with van der Waals surface area (Å²) in [6.07, 6.45) is 5.80. The van der Waals surface area contributed by atoms with E-state index in [0.717, 1.165) is 69.4 Å². The highest BCUT2D eigenvalue weighted by Gasteiger charge is 2.10. The van der Waals surface area contributed by atoms with E-state index in [2.05, 4.69) is 14.9 Å². The van der Waals surface area contributed by atoms with Gasteiger partial charge < -0.3 is 14.5 Å². The Labute approximate surface area is 131 Å². The molecule has 1 fully saturated rings. The average molecular weight is 301 g/mol. The zero-order valence-electron chi connectivity index (χ0n) is 12.8. The molecular formula is C17H23N3O2. The van der Waals surface area contributed by atoms with Crippen LogP contribution in [0.2, 0.25) is 0 Å². The molecule has 0 amide bonds. The average Bonchev–Trinajstić information content (AvgIpc) is 3.10. The maximum Gasteiger partial charge on any atom is 0.141 e. The Morgan fingerprint density at radius 3 is 2.86 bits per heavy atom. The van der Waals surface area contributed by atoms with Gasteiger partial charge in [0.25, 0.3) is 0 Å².